The second kappa shape index (κ2) is 7.33. The number of benzene rings is 1. The van der Waals surface area contributed by atoms with E-state index in [0.717, 1.165) is 17.5 Å². The molecule has 5 nitrogen and oxygen atoms in total. The molecule has 1 atom stereocenters. The van der Waals surface area contributed by atoms with Crippen LogP contribution in [0.1, 0.15) is 38.4 Å². The predicted molar refractivity (Wildman–Crippen MR) is 98.1 cm³/mol. The van der Waals surface area contributed by atoms with Crippen LogP contribution in [-0.2, 0) is 11.3 Å². The van der Waals surface area contributed by atoms with Crippen LogP contribution in [0.2, 0.25) is 10.0 Å². The normalized spacial score (nSPS) is 15.3. The molecule has 2 aromatic rings. The van der Waals surface area contributed by atoms with Gasteiger partial charge in [0.05, 0.1) is 16.0 Å². The Hall–Kier alpha value is -1.24. The van der Waals surface area contributed by atoms with Crippen LogP contribution in [0, 0.1) is 0 Å². The van der Waals surface area contributed by atoms with Crippen molar-refractivity contribution in [2.24, 2.45) is 0 Å². The number of thioether (sulfide) groups is 1. The van der Waals surface area contributed by atoms with Crippen molar-refractivity contribution in [2.75, 3.05) is 5.32 Å². The Morgan fingerprint density at radius 2 is 2.17 bits per heavy atom. The van der Waals surface area contributed by atoms with E-state index in [4.69, 9.17) is 23.2 Å². The topological polar surface area (TPSA) is 59.8 Å². The molecule has 128 valence electrons. The van der Waals surface area contributed by atoms with Crippen LogP contribution in [-0.4, -0.2) is 25.9 Å². The minimum absolute atomic E-state index is 0.150. The van der Waals surface area contributed by atoms with E-state index in [9.17, 15) is 4.79 Å². The van der Waals surface area contributed by atoms with Gasteiger partial charge in [0.1, 0.15) is 5.82 Å². The minimum atomic E-state index is -0.332. The van der Waals surface area contributed by atoms with Crippen LogP contribution < -0.4 is 5.32 Å². The van der Waals surface area contributed by atoms with Crippen LogP contribution in [0.5, 0.6) is 0 Å². The Morgan fingerprint density at radius 3 is 2.83 bits per heavy atom. The molecule has 1 heterocycles. The van der Waals surface area contributed by atoms with E-state index in [0.29, 0.717) is 21.7 Å². The zero-order valence-electron chi connectivity index (χ0n) is 13.4. The van der Waals surface area contributed by atoms with E-state index in [1.165, 1.54) is 24.6 Å². The van der Waals surface area contributed by atoms with E-state index in [1.807, 2.05) is 6.92 Å². The lowest BCUT2D eigenvalue weighted by Crippen LogP contribution is -2.23. The Morgan fingerprint density at radius 1 is 1.42 bits per heavy atom. The first-order valence-corrected chi connectivity index (χ1v) is 9.48. The van der Waals surface area contributed by atoms with Gasteiger partial charge in [-0.1, -0.05) is 35.0 Å². The average Bonchev–Trinajstić information content (AvgIpc) is 3.32. The number of rotatable bonds is 6. The molecule has 0 saturated heterocycles. The summed E-state index contributed by atoms with van der Waals surface area (Å²) in [6, 6.07) is 4.98. The van der Waals surface area contributed by atoms with E-state index < -0.39 is 0 Å². The molecular weight excluding hydrogens is 367 g/mol. The molecular formula is C16H18Cl2N4OS. The van der Waals surface area contributed by atoms with Gasteiger partial charge in [-0.15, -0.1) is 10.2 Å². The summed E-state index contributed by atoms with van der Waals surface area (Å²) in [7, 11) is 0. The van der Waals surface area contributed by atoms with Crippen LogP contribution >= 0.6 is 35.0 Å². The van der Waals surface area contributed by atoms with Gasteiger partial charge in [0.2, 0.25) is 5.91 Å². The first kappa shape index (κ1) is 17.6. The number of hydrogen-bond acceptors (Lipinski definition) is 4. The molecule has 0 spiro atoms. The number of hydrogen-bond donors (Lipinski definition) is 1. The van der Waals surface area contributed by atoms with Gasteiger partial charge in [0.25, 0.3) is 0 Å². The maximum atomic E-state index is 12.4. The molecule has 24 heavy (non-hydrogen) atoms. The summed E-state index contributed by atoms with van der Waals surface area (Å²) in [5.74, 6) is 1.41. The molecule has 1 aromatic carbocycles. The smallest absolute Gasteiger partial charge is 0.237 e. The van der Waals surface area contributed by atoms with Crippen LogP contribution in [0.15, 0.2) is 23.4 Å². The number of carbonyl (C=O) groups is 1. The number of nitrogens with one attached hydrogen (secondary N) is 1. The number of aromatic nitrogens is 3. The van der Waals surface area contributed by atoms with Crippen molar-refractivity contribution in [1.82, 2.24) is 14.8 Å². The number of halogens is 2. The van der Waals surface area contributed by atoms with E-state index in [1.54, 1.807) is 18.2 Å². The molecule has 8 heteroatoms. The highest BCUT2D eigenvalue weighted by Crippen LogP contribution is 2.40. The summed E-state index contributed by atoms with van der Waals surface area (Å²) in [5.41, 5.74) is 0.511. The third-order valence-corrected chi connectivity index (χ3v) is 5.49. The van der Waals surface area contributed by atoms with Crippen molar-refractivity contribution in [3.63, 3.8) is 0 Å². The molecule has 0 unspecified atom stereocenters. The number of carbonyl (C=O) groups excluding carboxylic acids is 1. The zero-order valence-corrected chi connectivity index (χ0v) is 15.8. The summed E-state index contributed by atoms with van der Waals surface area (Å²) in [6.07, 6.45) is 2.35. The fourth-order valence-corrected chi connectivity index (χ4v) is 3.62. The van der Waals surface area contributed by atoms with Crippen molar-refractivity contribution in [3.8, 4) is 0 Å². The Labute approximate surface area is 155 Å². The standard InChI is InChI=1S/C16H18Cl2N4OS/c1-3-22-14(10-4-5-10)20-21-16(22)24-9(2)15(23)19-13-8-11(17)6-7-12(13)18/h6-10H,3-5H2,1-2H3,(H,19,23)/t9-/m0/s1. The fraction of sp³-hybridized carbons (Fsp3) is 0.438. The highest BCUT2D eigenvalue weighted by Gasteiger charge is 2.30. The molecule has 1 N–H and O–H groups in total. The Kier molecular flexibility index (Phi) is 5.37. The maximum absolute atomic E-state index is 12.4. The van der Waals surface area contributed by atoms with Crippen molar-refractivity contribution in [2.45, 2.75) is 49.6 Å². The van der Waals surface area contributed by atoms with Gasteiger partial charge >= 0.3 is 0 Å². The molecule has 0 bridgehead atoms. The van der Waals surface area contributed by atoms with Crippen molar-refractivity contribution >= 4 is 46.6 Å². The number of amides is 1. The highest BCUT2D eigenvalue weighted by molar-refractivity contribution is 8.00. The molecule has 1 saturated carbocycles. The summed E-state index contributed by atoms with van der Waals surface area (Å²) in [5, 5.41) is 12.8. The van der Waals surface area contributed by atoms with Gasteiger partial charge in [0.15, 0.2) is 5.16 Å². The van der Waals surface area contributed by atoms with E-state index in [2.05, 4.69) is 27.0 Å². The average molecular weight is 385 g/mol. The lowest BCUT2D eigenvalue weighted by molar-refractivity contribution is -0.115. The number of anilines is 1. The quantitative estimate of drug-likeness (QED) is 0.739. The van der Waals surface area contributed by atoms with Crippen LogP contribution in [0.25, 0.3) is 0 Å². The van der Waals surface area contributed by atoms with Crippen LogP contribution in [0.3, 0.4) is 0 Å². The lowest BCUT2D eigenvalue weighted by atomic mass is 10.3. The Bertz CT molecular complexity index is 761. The zero-order chi connectivity index (χ0) is 17.3. The molecule has 3 rings (SSSR count). The molecule has 0 radical (unpaired) electrons. The maximum Gasteiger partial charge on any atom is 0.237 e. The van der Waals surface area contributed by atoms with Gasteiger partial charge in [-0.2, -0.15) is 0 Å². The van der Waals surface area contributed by atoms with Gasteiger partial charge in [-0.25, -0.2) is 0 Å². The van der Waals surface area contributed by atoms with Gasteiger partial charge in [0, 0.05) is 17.5 Å². The monoisotopic (exact) mass is 384 g/mol. The Balaban J connectivity index is 1.69. The molecule has 1 aliphatic rings. The largest absolute Gasteiger partial charge is 0.324 e. The van der Waals surface area contributed by atoms with Crippen molar-refractivity contribution < 1.29 is 4.79 Å². The van der Waals surface area contributed by atoms with E-state index in [-0.39, 0.29) is 11.2 Å². The summed E-state index contributed by atoms with van der Waals surface area (Å²) < 4.78 is 2.10. The van der Waals surface area contributed by atoms with Crippen molar-refractivity contribution in [3.05, 3.63) is 34.1 Å². The third-order valence-electron chi connectivity index (χ3n) is 3.84. The summed E-state index contributed by atoms with van der Waals surface area (Å²) >= 11 is 13.4. The van der Waals surface area contributed by atoms with Gasteiger partial charge < -0.3 is 9.88 Å². The van der Waals surface area contributed by atoms with Gasteiger partial charge in [-0.3, -0.25) is 4.79 Å². The van der Waals surface area contributed by atoms with Crippen LogP contribution in [0.4, 0.5) is 5.69 Å². The minimum Gasteiger partial charge on any atom is -0.324 e. The second-order valence-corrected chi connectivity index (χ2v) is 7.88. The highest BCUT2D eigenvalue weighted by atomic mass is 35.5. The summed E-state index contributed by atoms with van der Waals surface area (Å²) in [6.45, 7) is 4.70. The lowest BCUT2D eigenvalue weighted by Gasteiger charge is -2.13. The SMILES string of the molecule is CCn1c(S[C@@H](C)C(=O)Nc2cc(Cl)ccc2Cl)nnc1C1CC1. The first-order chi connectivity index (χ1) is 11.5. The van der Waals surface area contributed by atoms with Crippen molar-refractivity contribution in [1.29, 1.82) is 0 Å². The molecule has 0 aliphatic heterocycles. The summed E-state index contributed by atoms with van der Waals surface area (Å²) in [4.78, 5) is 12.4. The third kappa shape index (κ3) is 3.87. The number of nitrogens with zero attached hydrogens (tertiary/aromatic N) is 3. The van der Waals surface area contributed by atoms with E-state index >= 15 is 0 Å². The van der Waals surface area contributed by atoms with Gasteiger partial charge in [-0.05, 0) is 44.9 Å². The second-order valence-electron chi connectivity index (χ2n) is 5.73. The predicted octanol–water partition coefficient (Wildman–Crippen LogP) is 4.60. The fourth-order valence-electron chi connectivity index (χ4n) is 2.37. The molecule has 1 amide bonds. The molecule has 1 aliphatic carbocycles. The first-order valence-electron chi connectivity index (χ1n) is 7.85. The molecule has 1 fully saturated rings. The molecule has 1 aromatic heterocycles.